The fourth-order valence-corrected chi connectivity index (χ4v) is 7.25. The lowest BCUT2D eigenvalue weighted by Gasteiger charge is -2.21. The zero-order valence-corrected chi connectivity index (χ0v) is 35.1. The quantitative estimate of drug-likeness (QED) is 0.0619. The lowest BCUT2D eigenvalue weighted by Crippen LogP contribution is -2.31. The number of aromatic amines is 1. The van der Waals surface area contributed by atoms with Crippen molar-refractivity contribution in [2.45, 2.75) is 90.6 Å². The van der Waals surface area contributed by atoms with Crippen LogP contribution in [0.15, 0.2) is 126 Å². The fraction of sp³-hybridized carbons (Fsp3) is 0.333. The van der Waals surface area contributed by atoms with E-state index in [1.54, 1.807) is 30.5 Å². The second kappa shape index (κ2) is 20.4. The Hall–Kier alpha value is -6.56. The highest BCUT2D eigenvalue weighted by Crippen LogP contribution is 2.41. The van der Waals surface area contributed by atoms with Crippen molar-refractivity contribution in [3.8, 4) is 11.1 Å². The number of pyridine rings is 1. The average Bonchev–Trinajstić information content (AvgIpc) is 3.62. The molecule has 1 saturated carbocycles. The number of nitrogens with one attached hydrogen (secondary N) is 1. The molecule has 3 aromatic heterocycles. The van der Waals surface area contributed by atoms with Gasteiger partial charge < -0.3 is 14.6 Å². The van der Waals surface area contributed by atoms with Crippen molar-refractivity contribution < 1.29 is 9.90 Å². The smallest absolute Gasteiger partial charge is 0.336 e. The molecular weight excluding hydrogens is 749 g/mol. The van der Waals surface area contributed by atoms with Gasteiger partial charge >= 0.3 is 5.97 Å². The molecule has 0 radical (unpaired) electrons. The molecular formula is C48H56N10O2. The zero-order chi connectivity index (χ0) is 42.6. The van der Waals surface area contributed by atoms with Gasteiger partial charge in [-0.3, -0.25) is 9.98 Å². The Morgan fingerprint density at radius 2 is 1.80 bits per heavy atom. The van der Waals surface area contributed by atoms with E-state index in [9.17, 15) is 9.90 Å². The number of rotatable bonds is 19. The summed E-state index contributed by atoms with van der Waals surface area (Å²) in [6.45, 7) is 24.9. The molecule has 2 N–H and O–H groups in total. The van der Waals surface area contributed by atoms with Crippen molar-refractivity contribution in [3.05, 3.63) is 144 Å². The summed E-state index contributed by atoms with van der Waals surface area (Å²) >= 11 is 0. The highest BCUT2D eigenvalue weighted by Gasteiger charge is 2.30. The predicted octanol–water partition coefficient (Wildman–Crippen LogP) is 9.96. The number of carboxylic acids is 1. The van der Waals surface area contributed by atoms with Gasteiger partial charge in [0.15, 0.2) is 5.65 Å². The van der Waals surface area contributed by atoms with Crippen LogP contribution in [-0.4, -0.2) is 82.3 Å². The molecule has 7 rings (SSSR count). The summed E-state index contributed by atoms with van der Waals surface area (Å²) in [5, 5.41) is 23.5. The molecule has 60 heavy (non-hydrogen) atoms. The van der Waals surface area contributed by atoms with E-state index in [0.29, 0.717) is 53.3 Å². The van der Waals surface area contributed by atoms with Crippen LogP contribution in [0.5, 0.6) is 0 Å². The number of hydrogen-bond donors (Lipinski definition) is 2. The Labute approximate surface area is 353 Å². The first kappa shape index (κ1) is 43.0. The molecule has 12 heteroatoms. The number of hydrogen-bond acceptors (Lipinski definition) is 9. The lowest BCUT2D eigenvalue weighted by atomic mass is 9.99. The third-order valence-corrected chi connectivity index (χ3v) is 10.7. The minimum Gasteiger partial charge on any atom is -0.478 e. The summed E-state index contributed by atoms with van der Waals surface area (Å²) in [6.07, 6.45) is 16.3. The molecule has 1 unspecified atom stereocenters. The number of unbranched alkanes of at least 4 members (excludes halogenated alkanes) is 2. The summed E-state index contributed by atoms with van der Waals surface area (Å²) in [4.78, 5) is 32.8. The maximum absolute atomic E-state index is 11.5. The number of fused-ring (bicyclic) bond motifs is 1. The van der Waals surface area contributed by atoms with E-state index < -0.39 is 5.97 Å². The summed E-state index contributed by atoms with van der Waals surface area (Å²) in [6, 6.07) is 17.6. The summed E-state index contributed by atoms with van der Waals surface area (Å²) in [5.74, 6) is 2.37. The van der Waals surface area contributed by atoms with E-state index in [0.717, 1.165) is 77.0 Å². The van der Waals surface area contributed by atoms with Crippen molar-refractivity contribution in [1.82, 2.24) is 40.1 Å². The third-order valence-electron chi connectivity index (χ3n) is 10.7. The van der Waals surface area contributed by atoms with Crippen LogP contribution in [0.25, 0.3) is 27.9 Å². The number of carbonyl (C=O) groups is 1. The monoisotopic (exact) mass is 804 g/mol. The normalized spacial score (nSPS) is 15.2. The van der Waals surface area contributed by atoms with Gasteiger partial charge in [-0.2, -0.15) is 5.21 Å². The number of amidine groups is 1. The highest BCUT2D eigenvalue weighted by molar-refractivity contribution is 5.96. The van der Waals surface area contributed by atoms with Gasteiger partial charge in [-0.25, -0.2) is 14.8 Å². The van der Waals surface area contributed by atoms with Crippen LogP contribution in [0.3, 0.4) is 0 Å². The number of imidazole rings is 1. The van der Waals surface area contributed by atoms with Crippen LogP contribution in [0, 0.1) is 6.92 Å². The van der Waals surface area contributed by atoms with Crippen LogP contribution < -0.4 is 0 Å². The van der Waals surface area contributed by atoms with Gasteiger partial charge in [0.2, 0.25) is 5.82 Å². The minimum atomic E-state index is -0.912. The average molecular weight is 805 g/mol. The van der Waals surface area contributed by atoms with Crippen molar-refractivity contribution in [2.24, 2.45) is 9.98 Å². The number of aliphatic imine (C=N–C) groups is 2. The Morgan fingerprint density at radius 3 is 2.48 bits per heavy atom. The van der Waals surface area contributed by atoms with Gasteiger partial charge in [-0.05, 0) is 77.8 Å². The van der Waals surface area contributed by atoms with Crippen LogP contribution >= 0.6 is 0 Å². The van der Waals surface area contributed by atoms with Gasteiger partial charge in [0.05, 0.1) is 29.7 Å². The first-order chi connectivity index (χ1) is 29.1. The summed E-state index contributed by atoms with van der Waals surface area (Å²) < 4.78 is 2.24. The Balaban J connectivity index is 0.000000201. The largest absolute Gasteiger partial charge is 0.478 e. The Kier molecular flexibility index (Phi) is 14.6. The summed E-state index contributed by atoms with van der Waals surface area (Å²) in [7, 11) is 0. The molecule has 5 aromatic rings. The van der Waals surface area contributed by atoms with E-state index in [1.165, 1.54) is 31.5 Å². The Bertz CT molecular complexity index is 2420. The van der Waals surface area contributed by atoms with Crippen LogP contribution in [0.1, 0.15) is 104 Å². The standard InChI is InChI=1S/C24H35N7.C24H21N3O2/c1-7-10-13-21-17-31(23(26-21)14-11-8-2)16-18(4)15-25-20(6)19(5)22(12-9-3)24-27-29-30-28-24;1-15-12-13-25-23-21(15)26-22(18-10-11-18)27(23)14-16-6-8-17(9-7-16)19-4-2-3-5-20(19)24(28)29/h9,12,15,21H,3-8,10-11,13-14,16-17H2,1-2H3,(H,27,28,29,30);2-9,12-13,18H,10-11,14H2,1H3,(H,28,29)/b22-12+,25-15?;. The van der Waals surface area contributed by atoms with E-state index in [-0.39, 0.29) is 0 Å². The van der Waals surface area contributed by atoms with Gasteiger partial charge in [-0.1, -0.05) is 114 Å². The van der Waals surface area contributed by atoms with Crippen molar-refractivity contribution in [1.29, 1.82) is 0 Å². The molecule has 1 aliphatic carbocycles. The molecule has 0 spiro atoms. The van der Waals surface area contributed by atoms with E-state index in [2.05, 4.69) is 99.3 Å². The van der Waals surface area contributed by atoms with Gasteiger partial charge in [0.25, 0.3) is 0 Å². The molecule has 0 amide bonds. The topological polar surface area (TPSA) is 150 Å². The SMILES string of the molecule is C=C/C=C(\C(=C)C(=C)N=CC(=C)CN1CC(CCCC)N=C1CCCC)c1nn[nH]n1.Cc1ccnc2c1nc(C1CC1)n2Cc1ccc(-c2ccccc2C(=O)O)cc1. The van der Waals surface area contributed by atoms with E-state index in [1.807, 2.05) is 36.5 Å². The number of allylic oxidation sites excluding steroid dienone is 3. The zero-order valence-electron chi connectivity index (χ0n) is 35.1. The highest BCUT2D eigenvalue weighted by atomic mass is 16.4. The number of aromatic carboxylic acids is 1. The van der Waals surface area contributed by atoms with Gasteiger partial charge in [-0.15, -0.1) is 10.2 Å². The fourth-order valence-electron chi connectivity index (χ4n) is 7.25. The van der Waals surface area contributed by atoms with E-state index in [4.69, 9.17) is 9.98 Å². The molecule has 1 fully saturated rings. The van der Waals surface area contributed by atoms with E-state index >= 15 is 0 Å². The molecule has 2 aromatic carbocycles. The molecule has 0 bridgehead atoms. The van der Waals surface area contributed by atoms with Crippen LogP contribution in [0.2, 0.25) is 0 Å². The number of carboxylic acid groups (broad SMARTS) is 1. The molecule has 310 valence electrons. The van der Waals surface area contributed by atoms with Crippen molar-refractivity contribution in [3.63, 3.8) is 0 Å². The number of nitrogens with zero attached hydrogens (tertiary/aromatic N) is 9. The lowest BCUT2D eigenvalue weighted by molar-refractivity contribution is 0.0697. The number of H-pyrrole nitrogens is 1. The molecule has 1 aliphatic heterocycles. The summed E-state index contributed by atoms with van der Waals surface area (Å²) in [5.41, 5.74) is 8.87. The first-order valence-corrected chi connectivity index (χ1v) is 20.8. The minimum absolute atomic E-state index is 0.316. The van der Waals surface area contributed by atoms with Crippen molar-refractivity contribution in [2.75, 3.05) is 13.1 Å². The maximum Gasteiger partial charge on any atom is 0.336 e. The number of benzene rings is 2. The second-order valence-electron chi connectivity index (χ2n) is 15.4. The third kappa shape index (κ3) is 10.7. The molecule has 1 atom stereocenters. The number of tetrazole rings is 1. The number of aromatic nitrogens is 7. The maximum atomic E-state index is 11.5. The molecule has 0 saturated heterocycles. The predicted molar refractivity (Wildman–Crippen MR) is 242 cm³/mol. The molecule has 12 nitrogen and oxygen atoms in total. The number of aryl methyl sites for hydroxylation is 1. The van der Waals surface area contributed by atoms with Crippen LogP contribution in [0.4, 0.5) is 0 Å². The van der Waals surface area contributed by atoms with Crippen LogP contribution in [-0.2, 0) is 6.54 Å². The Morgan fingerprint density at radius 1 is 1.03 bits per heavy atom. The van der Waals surface area contributed by atoms with Crippen molar-refractivity contribution >= 4 is 34.8 Å². The van der Waals surface area contributed by atoms with Gasteiger partial charge in [0.1, 0.15) is 11.3 Å². The molecule has 2 aliphatic rings. The second-order valence-corrected chi connectivity index (χ2v) is 15.4. The molecule has 4 heterocycles. The first-order valence-electron chi connectivity index (χ1n) is 20.8. The van der Waals surface area contributed by atoms with Gasteiger partial charge in [0, 0.05) is 49.0 Å².